The lowest BCUT2D eigenvalue weighted by atomic mass is 10.2. The first-order chi connectivity index (χ1) is 10.7. The molecule has 0 saturated heterocycles. The highest BCUT2D eigenvalue weighted by atomic mass is 32.2. The average Bonchev–Trinajstić information content (AvgIpc) is 2.88. The number of rotatable bonds is 4. The summed E-state index contributed by atoms with van der Waals surface area (Å²) >= 11 is 1.38. The summed E-state index contributed by atoms with van der Waals surface area (Å²) in [5, 5.41) is 18.6. The summed E-state index contributed by atoms with van der Waals surface area (Å²) in [6.45, 7) is 1.77. The summed E-state index contributed by atoms with van der Waals surface area (Å²) in [5.41, 5.74) is 1.72. The third kappa shape index (κ3) is 2.97. The minimum atomic E-state index is -0.145. The lowest BCUT2D eigenvalue weighted by Crippen LogP contribution is -1.99. The van der Waals surface area contributed by atoms with Crippen LogP contribution in [-0.2, 0) is 13.7 Å². The quantitative estimate of drug-likeness (QED) is 0.732. The van der Waals surface area contributed by atoms with Crippen LogP contribution < -0.4 is 0 Å². The first kappa shape index (κ1) is 14.6. The molecule has 3 aromatic rings. The second kappa shape index (κ2) is 6.20. The number of aromatic nitrogens is 6. The number of aryl methyl sites for hydroxylation is 1. The van der Waals surface area contributed by atoms with E-state index in [0.717, 1.165) is 16.3 Å². The fraction of sp³-hybridized carbons (Fsp3) is 0.214. The van der Waals surface area contributed by atoms with Crippen LogP contribution in [0.5, 0.6) is 0 Å². The van der Waals surface area contributed by atoms with Gasteiger partial charge in [-0.05, 0) is 36.9 Å². The van der Waals surface area contributed by atoms with Gasteiger partial charge in [0.15, 0.2) is 16.8 Å². The van der Waals surface area contributed by atoms with Gasteiger partial charge in [-0.15, -0.1) is 10.2 Å². The largest absolute Gasteiger partial charge is 0.388 e. The van der Waals surface area contributed by atoms with Crippen LogP contribution in [0, 0.1) is 6.92 Å². The second-order valence-corrected chi connectivity index (χ2v) is 5.62. The van der Waals surface area contributed by atoms with Crippen molar-refractivity contribution in [3.05, 3.63) is 42.1 Å². The van der Waals surface area contributed by atoms with Crippen molar-refractivity contribution in [1.82, 2.24) is 29.7 Å². The number of hydrogen-bond acceptors (Lipinski definition) is 7. The molecule has 3 aromatic heterocycles. The molecule has 0 aliphatic heterocycles. The van der Waals surface area contributed by atoms with Gasteiger partial charge < -0.3 is 9.67 Å². The van der Waals surface area contributed by atoms with Gasteiger partial charge in [0, 0.05) is 30.7 Å². The molecule has 0 atom stereocenters. The summed E-state index contributed by atoms with van der Waals surface area (Å²) in [6, 6.07) is 5.66. The zero-order valence-corrected chi connectivity index (χ0v) is 12.9. The van der Waals surface area contributed by atoms with Crippen LogP contribution in [0.4, 0.5) is 0 Å². The number of aliphatic hydroxyl groups excluding tert-OH is 1. The van der Waals surface area contributed by atoms with Crippen LogP contribution in [0.15, 0.2) is 40.8 Å². The highest BCUT2D eigenvalue weighted by Crippen LogP contribution is 2.26. The first-order valence-electron chi connectivity index (χ1n) is 6.60. The highest BCUT2D eigenvalue weighted by Gasteiger charge is 2.12. The van der Waals surface area contributed by atoms with Crippen molar-refractivity contribution in [2.24, 2.45) is 7.05 Å². The van der Waals surface area contributed by atoms with E-state index in [2.05, 4.69) is 25.1 Å². The minimum Gasteiger partial charge on any atom is -0.388 e. The highest BCUT2D eigenvalue weighted by molar-refractivity contribution is 7.99. The van der Waals surface area contributed by atoms with Gasteiger partial charge in [0.25, 0.3) is 0 Å². The third-order valence-corrected chi connectivity index (χ3v) is 3.97. The molecule has 0 unspecified atom stereocenters. The van der Waals surface area contributed by atoms with E-state index in [1.165, 1.54) is 11.8 Å². The Kier molecular flexibility index (Phi) is 4.12. The molecule has 7 nitrogen and oxygen atoms in total. The normalized spacial score (nSPS) is 10.9. The van der Waals surface area contributed by atoms with E-state index in [9.17, 15) is 0 Å². The Hall–Kier alpha value is -2.32. The number of aliphatic hydroxyl groups is 1. The molecule has 0 radical (unpaired) electrons. The molecule has 3 rings (SSSR count). The second-order valence-electron chi connectivity index (χ2n) is 4.63. The lowest BCUT2D eigenvalue weighted by molar-refractivity contribution is 0.266. The smallest absolute Gasteiger partial charge is 0.197 e. The Balaban J connectivity index is 1.94. The summed E-state index contributed by atoms with van der Waals surface area (Å²) in [7, 11) is 1.81. The zero-order chi connectivity index (χ0) is 15.5. The van der Waals surface area contributed by atoms with Crippen LogP contribution in [0.2, 0.25) is 0 Å². The van der Waals surface area contributed by atoms with Crippen molar-refractivity contribution in [1.29, 1.82) is 0 Å². The van der Waals surface area contributed by atoms with Gasteiger partial charge in [-0.1, -0.05) is 0 Å². The van der Waals surface area contributed by atoms with Crippen molar-refractivity contribution in [2.45, 2.75) is 23.7 Å². The van der Waals surface area contributed by atoms with Gasteiger partial charge in [-0.2, -0.15) is 0 Å². The van der Waals surface area contributed by atoms with Crippen LogP contribution in [-0.4, -0.2) is 34.8 Å². The topological polar surface area (TPSA) is 89.6 Å². The average molecular weight is 314 g/mol. The van der Waals surface area contributed by atoms with Crippen molar-refractivity contribution >= 4 is 11.8 Å². The molecule has 1 N–H and O–H groups in total. The van der Waals surface area contributed by atoms with Crippen molar-refractivity contribution < 1.29 is 5.11 Å². The van der Waals surface area contributed by atoms with E-state index in [1.54, 1.807) is 17.0 Å². The standard InChI is InChI=1S/C14H14N6OS/c1-9-6-12(22-14-19-18-11(8-21)20(14)2)17-13(16-9)10-4-3-5-15-7-10/h3-7,21H,8H2,1-2H3. The van der Waals surface area contributed by atoms with E-state index >= 15 is 0 Å². The van der Waals surface area contributed by atoms with Gasteiger partial charge in [0.2, 0.25) is 0 Å². The van der Waals surface area contributed by atoms with Crippen molar-refractivity contribution in [3.63, 3.8) is 0 Å². The van der Waals surface area contributed by atoms with E-state index in [1.807, 2.05) is 32.2 Å². The molecule has 3 heterocycles. The fourth-order valence-corrected chi connectivity index (χ4v) is 2.75. The first-order valence-corrected chi connectivity index (χ1v) is 7.42. The molecule has 0 aromatic carbocycles. The maximum Gasteiger partial charge on any atom is 0.197 e. The fourth-order valence-electron chi connectivity index (χ4n) is 1.88. The zero-order valence-electron chi connectivity index (χ0n) is 12.1. The lowest BCUT2D eigenvalue weighted by Gasteiger charge is -2.05. The van der Waals surface area contributed by atoms with Crippen LogP contribution in [0.1, 0.15) is 11.5 Å². The molecule has 0 bridgehead atoms. The molecule has 0 aliphatic rings. The van der Waals surface area contributed by atoms with Crippen LogP contribution in [0.25, 0.3) is 11.4 Å². The Morgan fingerprint density at radius 2 is 2.14 bits per heavy atom. The van der Waals surface area contributed by atoms with Gasteiger partial charge >= 0.3 is 0 Å². The molecular formula is C14H14N6OS. The van der Waals surface area contributed by atoms with E-state index in [0.29, 0.717) is 16.8 Å². The molecule has 0 spiro atoms. The maximum absolute atomic E-state index is 9.17. The maximum atomic E-state index is 9.17. The van der Waals surface area contributed by atoms with Crippen LogP contribution >= 0.6 is 11.8 Å². The molecule has 0 saturated carbocycles. The van der Waals surface area contributed by atoms with Crippen molar-refractivity contribution in [2.75, 3.05) is 0 Å². The Morgan fingerprint density at radius 1 is 1.27 bits per heavy atom. The number of pyridine rings is 1. The van der Waals surface area contributed by atoms with Gasteiger partial charge in [0.05, 0.1) is 0 Å². The monoisotopic (exact) mass is 314 g/mol. The summed E-state index contributed by atoms with van der Waals surface area (Å²) < 4.78 is 1.74. The van der Waals surface area contributed by atoms with Gasteiger partial charge in [-0.25, -0.2) is 9.97 Å². The Bertz CT molecular complexity index is 789. The SMILES string of the molecule is Cc1cc(Sc2nnc(CO)n2C)nc(-c2cccnc2)n1. The molecule has 22 heavy (non-hydrogen) atoms. The third-order valence-electron chi connectivity index (χ3n) is 3.01. The van der Waals surface area contributed by atoms with E-state index < -0.39 is 0 Å². The predicted molar refractivity (Wildman–Crippen MR) is 81.0 cm³/mol. The summed E-state index contributed by atoms with van der Waals surface area (Å²) in [5.74, 6) is 1.14. The Labute approximate surface area is 131 Å². The van der Waals surface area contributed by atoms with E-state index in [-0.39, 0.29) is 6.61 Å². The molecule has 0 aliphatic carbocycles. The number of hydrogen-bond donors (Lipinski definition) is 1. The molecular weight excluding hydrogens is 300 g/mol. The van der Waals surface area contributed by atoms with Gasteiger partial charge in [0.1, 0.15) is 11.6 Å². The minimum absolute atomic E-state index is 0.145. The predicted octanol–water partition coefficient (Wildman–Crippen LogP) is 1.62. The molecule has 112 valence electrons. The summed E-state index contributed by atoms with van der Waals surface area (Å²) in [6.07, 6.45) is 3.44. The van der Waals surface area contributed by atoms with Crippen molar-refractivity contribution in [3.8, 4) is 11.4 Å². The molecule has 0 amide bonds. The molecule has 0 fully saturated rings. The number of nitrogens with zero attached hydrogens (tertiary/aromatic N) is 6. The Morgan fingerprint density at radius 3 is 2.82 bits per heavy atom. The molecule has 8 heteroatoms. The summed E-state index contributed by atoms with van der Waals surface area (Å²) in [4.78, 5) is 13.1. The van der Waals surface area contributed by atoms with E-state index in [4.69, 9.17) is 5.11 Å². The van der Waals surface area contributed by atoms with Gasteiger partial charge in [-0.3, -0.25) is 4.98 Å². The van der Waals surface area contributed by atoms with Crippen LogP contribution in [0.3, 0.4) is 0 Å².